The van der Waals surface area contributed by atoms with Gasteiger partial charge in [-0.25, -0.2) is 4.79 Å². The zero-order valence-electron chi connectivity index (χ0n) is 22.3. The summed E-state index contributed by atoms with van der Waals surface area (Å²) in [6, 6.07) is 22.4. The standard InChI is InChI=1S/C33H36N4O2/c38-30(21-36(26-12-13-26)32(39)34-33-18-22-15-23(19-33)17-24(16-22)20-33)37-28-10-5-4-9-27(28)35-14-6-11-29(35)31(37)25-7-2-1-3-8-25/h1-11,14,22-24,26,31H,12-13,15-21H2,(H,34,39). The summed E-state index contributed by atoms with van der Waals surface area (Å²) in [5.41, 5.74) is 3.94. The van der Waals surface area contributed by atoms with Crippen molar-refractivity contribution in [3.05, 3.63) is 84.2 Å². The first-order chi connectivity index (χ1) is 19.1. The molecule has 5 saturated carbocycles. The van der Waals surface area contributed by atoms with Gasteiger partial charge in [-0.3, -0.25) is 9.69 Å². The van der Waals surface area contributed by atoms with Gasteiger partial charge in [0.1, 0.15) is 12.6 Å². The van der Waals surface area contributed by atoms with Gasteiger partial charge in [-0.05, 0) is 98.9 Å². The number of amides is 3. The van der Waals surface area contributed by atoms with E-state index in [9.17, 15) is 9.59 Å². The molecule has 0 saturated heterocycles. The summed E-state index contributed by atoms with van der Waals surface area (Å²) in [4.78, 5) is 32.1. The maximum absolute atomic E-state index is 14.4. The van der Waals surface area contributed by atoms with Gasteiger partial charge in [0.15, 0.2) is 0 Å². The molecule has 1 N–H and O–H groups in total. The average Bonchev–Trinajstić information content (AvgIpc) is 3.65. The number of nitrogens with one attached hydrogen (secondary N) is 1. The third-order valence-corrected chi connectivity index (χ3v) is 10.1. The highest BCUT2D eigenvalue weighted by atomic mass is 16.2. The van der Waals surface area contributed by atoms with Gasteiger partial charge >= 0.3 is 6.03 Å². The van der Waals surface area contributed by atoms with Crippen LogP contribution in [0.4, 0.5) is 10.5 Å². The predicted octanol–water partition coefficient (Wildman–Crippen LogP) is 6.06. The summed E-state index contributed by atoms with van der Waals surface area (Å²) in [6.07, 6.45) is 11.4. The molecule has 6 aliphatic rings. The predicted molar refractivity (Wildman–Crippen MR) is 151 cm³/mol. The Hall–Kier alpha value is -3.54. The molecule has 1 aliphatic heterocycles. The van der Waals surface area contributed by atoms with Gasteiger partial charge in [0.2, 0.25) is 5.91 Å². The highest BCUT2D eigenvalue weighted by Gasteiger charge is 2.52. The Labute approximate surface area is 230 Å². The number of hydrogen-bond donors (Lipinski definition) is 1. The summed E-state index contributed by atoms with van der Waals surface area (Å²) < 4.78 is 2.19. The fraction of sp³-hybridized carbons (Fsp3) is 0.455. The van der Waals surface area contributed by atoms with Crippen molar-refractivity contribution in [1.29, 1.82) is 0 Å². The molecular weight excluding hydrogens is 484 g/mol. The molecule has 2 heterocycles. The lowest BCUT2D eigenvalue weighted by Crippen LogP contribution is -2.62. The molecule has 6 nitrogen and oxygen atoms in total. The minimum Gasteiger partial charge on any atom is -0.333 e. The van der Waals surface area contributed by atoms with Crippen LogP contribution in [0.1, 0.15) is 68.7 Å². The minimum absolute atomic E-state index is 0.0299. The maximum Gasteiger partial charge on any atom is 0.318 e. The van der Waals surface area contributed by atoms with Crippen LogP contribution in [0.2, 0.25) is 0 Å². The zero-order valence-corrected chi connectivity index (χ0v) is 22.3. The van der Waals surface area contributed by atoms with Crippen LogP contribution in [0.3, 0.4) is 0 Å². The number of fused-ring (bicyclic) bond motifs is 3. The van der Waals surface area contributed by atoms with Gasteiger partial charge < -0.3 is 14.8 Å². The molecule has 4 bridgehead atoms. The van der Waals surface area contributed by atoms with E-state index >= 15 is 0 Å². The highest BCUT2D eigenvalue weighted by molar-refractivity contribution is 6.00. The van der Waals surface area contributed by atoms with E-state index in [-0.39, 0.29) is 36.1 Å². The molecule has 1 aromatic heterocycles. The Balaban J connectivity index is 1.11. The minimum atomic E-state index is -0.254. The Morgan fingerprint density at radius 2 is 1.46 bits per heavy atom. The number of hydrogen-bond acceptors (Lipinski definition) is 2. The van der Waals surface area contributed by atoms with Crippen molar-refractivity contribution in [2.75, 3.05) is 11.4 Å². The van der Waals surface area contributed by atoms with Gasteiger partial charge in [0.25, 0.3) is 0 Å². The van der Waals surface area contributed by atoms with Crippen LogP contribution in [0.25, 0.3) is 5.69 Å². The van der Waals surface area contributed by atoms with Crippen molar-refractivity contribution in [3.63, 3.8) is 0 Å². The molecule has 6 heteroatoms. The highest BCUT2D eigenvalue weighted by Crippen LogP contribution is 2.55. The Morgan fingerprint density at radius 1 is 0.821 bits per heavy atom. The molecule has 5 fully saturated rings. The van der Waals surface area contributed by atoms with Crippen LogP contribution < -0.4 is 10.2 Å². The molecule has 5 aliphatic carbocycles. The van der Waals surface area contributed by atoms with Gasteiger partial charge in [-0.15, -0.1) is 0 Å². The monoisotopic (exact) mass is 520 g/mol. The first-order valence-electron chi connectivity index (χ1n) is 14.8. The number of urea groups is 1. The third kappa shape index (κ3) is 3.90. The van der Waals surface area contributed by atoms with Crippen LogP contribution in [0, 0.1) is 17.8 Å². The summed E-state index contributed by atoms with van der Waals surface area (Å²) >= 11 is 0. The summed E-state index contributed by atoms with van der Waals surface area (Å²) in [7, 11) is 0. The van der Waals surface area contributed by atoms with Crippen LogP contribution in [-0.2, 0) is 4.79 Å². The number of aromatic nitrogens is 1. The van der Waals surface area contributed by atoms with Crippen LogP contribution in [0.5, 0.6) is 0 Å². The van der Waals surface area contributed by atoms with E-state index in [1.807, 2.05) is 52.3 Å². The number of carbonyl (C=O) groups is 2. The summed E-state index contributed by atoms with van der Waals surface area (Å²) in [5.74, 6) is 2.26. The van der Waals surface area contributed by atoms with Crippen molar-refractivity contribution in [2.45, 2.75) is 69.0 Å². The SMILES string of the molecule is O=C(NC12CC3CC(CC(C3)C1)C2)N(CC(=O)N1c2ccccc2-n2cccc2C1c1ccccc1)C1CC1. The quantitative estimate of drug-likeness (QED) is 0.445. The zero-order chi connectivity index (χ0) is 26.1. The van der Waals surface area contributed by atoms with Crippen molar-refractivity contribution >= 4 is 17.6 Å². The Morgan fingerprint density at radius 3 is 2.13 bits per heavy atom. The molecule has 0 spiro atoms. The molecular formula is C33H36N4O2. The molecule has 2 aromatic carbocycles. The molecule has 9 rings (SSSR count). The lowest BCUT2D eigenvalue weighted by atomic mass is 9.53. The lowest BCUT2D eigenvalue weighted by molar-refractivity contribution is -0.119. The van der Waals surface area contributed by atoms with E-state index in [4.69, 9.17) is 0 Å². The maximum atomic E-state index is 14.4. The van der Waals surface area contributed by atoms with Gasteiger partial charge in [-0.1, -0.05) is 42.5 Å². The lowest BCUT2D eigenvalue weighted by Gasteiger charge is -2.57. The Kier molecular flexibility index (Phi) is 5.23. The van der Waals surface area contributed by atoms with Crippen molar-refractivity contribution in [1.82, 2.24) is 14.8 Å². The fourth-order valence-corrected chi connectivity index (χ4v) is 8.75. The van der Waals surface area contributed by atoms with Crippen LogP contribution in [0.15, 0.2) is 72.9 Å². The largest absolute Gasteiger partial charge is 0.333 e. The number of para-hydroxylation sites is 2. The topological polar surface area (TPSA) is 57.6 Å². The van der Waals surface area contributed by atoms with Gasteiger partial charge in [-0.2, -0.15) is 0 Å². The third-order valence-electron chi connectivity index (χ3n) is 10.1. The molecule has 39 heavy (non-hydrogen) atoms. The van der Waals surface area contributed by atoms with E-state index in [1.165, 1.54) is 19.3 Å². The summed E-state index contributed by atoms with van der Waals surface area (Å²) in [5, 5.41) is 3.54. The van der Waals surface area contributed by atoms with Gasteiger partial charge in [0, 0.05) is 17.8 Å². The van der Waals surface area contributed by atoms with E-state index in [0.717, 1.165) is 72.5 Å². The molecule has 0 radical (unpaired) electrons. The molecule has 200 valence electrons. The van der Waals surface area contributed by atoms with E-state index in [2.05, 4.69) is 40.3 Å². The first-order valence-corrected chi connectivity index (χ1v) is 14.8. The number of anilines is 1. The Bertz CT molecular complexity index is 1390. The van der Waals surface area contributed by atoms with E-state index < -0.39 is 0 Å². The molecule has 1 unspecified atom stereocenters. The smallest absolute Gasteiger partial charge is 0.318 e. The number of benzene rings is 2. The number of carbonyl (C=O) groups excluding carboxylic acids is 2. The number of nitrogens with zero attached hydrogens (tertiary/aromatic N) is 3. The normalized spacial score (nSPS) is 30.0. The van der Waals surface area contributed by atoms with Gasteiger partial charge in [0.05, 0.1) is 17.1 Å². The first kappa shape index (κ1) is 23.4. The van der Waals surface area contributed by atoms with Crippen LogP contribution >= 0.6 is 0 Å². The van der Waals surface area contributed by atoms with E-state index in [0.29, 0.717) is 0 Å². The van der Waals surface area contributed by atoms with Crippen molar-refractivity contribution < 1.29 is 9.59 Å². The van der Waals surface area contributed by atoms with Crippen molar-refractivity contribution in [2.24, 2.45) is 17.8 Å². The average molecular weight is 521 g/mol. The molecule has 1 atom stereocenters. The fourth-order valence-electron chi connectivity index (χ4n) is 8.75. The second-order valence-electron chi connectivity index (χ2n) is 12.9. The summed E-state index contributed by atoms with van der Waals surface area (Å²) in [6.45, 7) is 0.0985. The van der Waals surface area contributed by atoms with Crippen molar-refractivity contribution in [3.8, 4) is 5.69 Å². The second-order valence-corrected chi connectivity index (χ2v) is 12.9. The molecule has 3 aromatic rings. The molecule has 3 amide bonds. The number of rotatable bonds is 5. The second kappa shape index (κ2) is 8.73. The van der Waals surface area contributed by atoms with E-state index in [1.54, 1.807) is 0 Å². The van der Waals surface area contributed by atoms with Crippen LogP contribution in [-0.4, -0.2) is 39.5 Å².